The normalized spacial score (nSPS) is 17.4. The molecule has 3 atom stereocenters. The lowest BCUT2D eigenvalue weighted by Gasteiger charge is -2.35. The number of aliphatic hydroxyl groups excluding tert-OH is 1. The summed E-state index contributed by atoms with van der Waals surface area (Å²) >= 11 is 1.47. The Balaban J connectivity index is 0.00000760. The van der Waals surface area contributed by atoms with Gasteiger partial charge in [-0.15, -0.1) is 0 Å². The molecule has 0 bridgehead atoms. The van der Waals surface area contributed by atoms with Gasteiger partial charge in [0.25, 0.3) is 0 Å². The number of rotatable bonds is 15. The minimum Gasteiger partial charge on any atom is -0.390 e. The Morgan fingerprint density at radius 3 is 2.26 bits per heavy atom. The monoisotopic (exact) mass is 574 g/mol. The summed E-state index contributed by atoms with van der Waals surface area (Å²) in [6.07, 6.45) is 4.29. The fourth-order valence-electron chi connectivity index (χ4n) is 4.53. The van der Waals surface area contributed by atoms with Crippen molar-refractivity contribution in [3.8, 4) is 0 Å². The summed E-state index contributed by atoms with van der Waals surface area (Å²) in [5.41, 5.74) is 0.894. The summed E-state index contributed by atoms with van der Waals surface area (Å²) in [5.74, 6) is -0.556. The standard InChI is InChI=1S/C27H46N4O5S2.2H2/c1-20(2)17-31(38(6,35)36)18-23(32)22(16-21-12-8-7-9-13-21)28-26(34)25(27(3,4)37-5)29-24(33)19-30-14-10-11-15-30;;/h7-9,12-13,20,22-23,25,32H,10-11,14-19H2,1-6H3,(H,28,34)(H,29,33);2*1H/t22-,23+,25+;;/m0../s1. The number of carbonyl (C=O) groups excluding carboxylic acids is 2. The lowest BCUT2D eigenvalue weighted by Crippen LogP contribution is -2.61. The second-order valence-corrected chi connectivity index (χ2v) is 14.6. The number of carbonyl (C=O) groups is 2. The second-order valence-electron chi connectivity index (χ2n) is 11.1. The molecular formula is C27H50N4O5S2. The van der Waals surface area contributed by atoms with Crippen molar-refractivity contribution in [1.29, 1.82) is 0 Å². The van der Waals surface area contributed by atoms with Crippen LogP contribution in [0.3, 0.4) is 0 Å². The van der Waals surface area contributed by atoms with Gasteiger partial charge in [0.1, 0.15) is 6.04 Å². The highest BCUT2D eigenvalue weighted by Gasteiger charge is 2.38. The lowest BCUT2D eigenvalue weighted by atomic mass is 9.98. The predicted octanol–water partition coefficient (Wildman–Crippen LogP) is 2.21. The molecule has 0 radical (unpaired) electrons. The molecule has 0 unspecified atom stereocenters. The Bertz CT molecular complexity index is 1010. The molecule has 11 heteroatoms. The highest BCUT2D eigenvalue weighted by Crippen LogP contribution is 2.26. The van der Waals surface area contributed by atoms with Crippen molar-refractivity contribution in [2.75, 3.05) is 45.2 Å². The van der Waals surface area contributed by atoms with Crippen LogP contribution in [0, 0.1) is 5.92 Å². The highest BCUT2D eigenvalue weighted by atomic mass is 32.2. The van der Waals surface area contributed by atoms with E-state index in [-0.39, 0.29) is 34.3 Å². The van der Waals surface area contributed by atoms with Crippen LogP contribution in [0.2, 0.25) is 0 Å². The van der Waals surface area contributed by atoms with Crippen LogP contribution in [-0.2, 0) is 26.0 Å². The molecule has 1 aliphatic rings. The third-order valence-corrected chi connectivity index (χ3v) is 9.40. The van der Waals surface area contributed by atoms with Crippen LogP contribution < -0.4 is 10.6 Å². The molecule has 0 aromatic heterocycles. The molecule has 3 N–H and O–H groups in total. The average Bonchev–Trinajstić information content (AvgIpc) is 3.34. The molecule has 220 valence electrons. The van der Waals surface area contributed by atoms with Gasteiger partial charge >= 0.3 is 0 Å². The van der Waals surface area contributed by atoms with Crippen LogP contribution in [0.15, 0.2) is 30.3 Å². The van der Waals surface area contributed by atoms with Crippen molar-refractivity contribution in [2.24, 2.45) is 5.92 Å². The summed E-state index contributed by atoms with van der Waals surface area (Å²) in [6.45, 7) is 9.71. The Labute approximate surface area is 236 Å². The molecular weight excluding hydrogens is 524 g/mol. The van der Waals surface area contributed by atoms with E-state index < -0.39 is 38.9 Å². The molecule has 0 aliphatic carbocycles. The number of hydrogen-bond donors (Lipinski definition) is 3. The largest absolute Gasteiger partial charge is 0.390 e. The Morgan fingerprint density at radius 2 is 1.74 bits per heavy atom. The third-order valence-electron chi connectivity index (χ3n) is 6.87. The van der Waals surface area contributed by atoms with Crippen LogP contribution in [0.1, 0.15) is 49.0 Å². The first-order valence-electron chi connectivity index (χ1n) is 13.3. The number of sulfonamides is 1. The molecule has 38 heavy (non-hydrogen) atoms. The number of thioether (sulfide) groups is 1. The van der Waals surface area contributed by atoms with Crippen LogP contribution in [0.5, 0.6) is 0 Å². The molecule has 0 spiro atoms. The smallest absolute Gasteiger partial charge is 0.244 e. The topological polar surface area (TPSA) is 119 Å². The van der Waals surface area contributed by atoms with Crippen molar-refractivity contribution >= 4 is 33.6 Å². The van der Waals surface area contributed by atoms with Crippen LogP contribution in [0.4, 0.5) is 0 Å². The van der Waals surface area contributed by atoms with Crippen LogP contribution in [0.25, 0.3) is 0 Å². The van der Waals surface area contributed by atoms with Crippen molar-refractivity contribution in [3.63, 3.8) is 0 Å². The summed E-state index contributed by atoms with van der Waals surface area (Å²) in [5, 5.41) is 17.2. The fourth-order valence-corrected chi connectivity index (χ4v) is 5.92. The van der Waals surface area contributed by atoms with Crippen LogP contribution in [-0.4, -0.2) is 103 Å². The number of benzene rings is 1. The van der Waals surface area contributed by atoms with Gasteiger partial charge in [-0.2, -0.15) is 16.1 Å². The molecule has 1 aromatic rings. The zero-order valence-electron chi connectivity index (χ0n) is 23.6. The number of amides is 2. The van der Waals surface area contributed by atoms with E-state index in [9.17, 15) is 23.1 Å². The van der Waals surface area contributed by atoms with E-state index >= 15 is 0 Å². The van der Waals surface area contributed by atoms with Crippen molar-refractivity contribution in [3.05, 3.63) is 35.9 Å². The van der Waals surface area contributed by atoms with E-state index in [4.69, 9.17) is 0 Å². The van der Waals surface area contributed by atoms with Gasteiger partial charge in [0.15, 0.2) is 0 Å². The molecule has 2 amide bonds. The van der Waals surface area contributed by atoms with E-state index in [1.165, 1.54) is 16.1 Å². The van der Waals surface area contributed by atoms with Gasteiger partial charge < -0.3 is 15.7 Å². The van der Waals surface area contributed by atoms with Gasteiger partial charge in [0.2, 0.25) is 21.8 Å². The lowest BCUT2D eigenvalue weighted by molar-refractivity contribution is -0.131. The minimum absolute atomic E-state index is 0. The van der Waals surface area contributed by atoms with Gasteiger partial charge in [-0.25, -0.2) is 8.42 Å². The Morgan fingerprint density at radius 1 is 1.13 bits per heavy atom. The highest BCUT2D eigenvalue weighted by molar-refractivity contribution is 8.00. The summed E-state index contributed by atoms with van der Waals surface area (Å²) < 4.78 is 25.5. The SMILES string of the molecule is CSC(C)(C)[C@H](NC(=O)CN1CCCC1)C(=O)N[C@@H](Cc1ccccc1)[C@H](O)CN(CC(C)C)S(C)(=O)=O.[HH].[HH]. The zero-order valence-corrected chi connectivity index (χ0v) is 25.3. The van der Waals surface area contributed by atoms with Gasteiger partial charge in [0, 0.05) is 20.7 Å². The summed E-state index contributed by atoms with van der Waals surface area (Å²) in [6, 6.07) is 7.82. The van der Waals surface area contributed by atoms with Gasteiger partial charge in [-0.1, -0.05) is 44.2 Å². The van der Waals surface area contributed by atoms with E-state index in [0.717, 1.165) is 37.8 Å². The van der Waals surface area contributed by atoms with E-state index in [1.54, 1.807) is 0 Å². The molecule has 9 nitrogen and oxygen atoms in total. The van der Waals surface area contributed by atoms with Gasteiger partial charge in [0.05, 0.1) is 24.9 Å². The van der Waals surface area contributed by atoms with E-state index in [1.807, 2.05) is 64.3 Å². The first kappa shape index (κ1) is 32.6. The van der Waals surface area contributed by atoms with Crippen molar-refractivity contribution < 1.29 is 26.0 Å². The molecule has 2 rings (SSSR count). The fraction of sp³-hybridized carbons (Fsp3) is 0.704. The minimum atomic E-state index is -3.57. The van der Waals surface area contributed by atoms with Gasteiger partial charge in [-0.3, -0.25) is 14.5 Å². The molecule has 1 aliphatic heterocycles. The van der Waals surface area contributed by atoms with Crippen molar-refractivity contribution in [1.82, 2.24) is 19.8 Å². The predicted molar refractivity (Wildman–Crippen MR) is 159 cm³/mol. The maximum absolute atomic E-state index is 13.7. The Kier molecular flexibility index (Phi) is 12.5. The second kappa shape index (κ2) is 14.6. The summed E-state index contributed by atoms with van der Waals surface area (Å²) in [7, 11) is -3.57. The molecule has 1 aromatic carbocycles. The zero-order chi connectivity index (χ0) is 28.5. The van der Waals surface area contributed by atoms with Crippen LogP contribution >= 0.6 is 11.8 Å². The molecule has 1 saturated heterocycles. The van der Waals surface area contributed by atoms with E-state index in [2.05, 4.69) is 15.5 Å². The quantitative estimate of drug-likeness (QED) is 0.294. The number of aliphatic hydroxyl groups is 1. The first-order chi connectivity index (χ1) is 17.7. The third kappa shape index (κ3) is 10.5. The number of nitrogens with one attached hydrogen (secondary N) is 2. The van der Waals surface area contributed by atoms with E-state index in [0.29, 0.717) is 6.42 Å². The molecule has 1 heterocycles. The first-order valence-corrected chi connectivity index (χ1v) is 16.3. The number of hydrogen-bond acceptors (Lipinski definition) is 7. The summed E-state index contributed by atoms with van der Waals surface area (Å²) in [4.78, 5) is 28.6. The average molecular weight is 575 g/mol. The Hall–Kier alpha value is -1.66. The number of likely N-dealkylation sites (tertiary alicyclic amines) is 1. The number of nitrogens with zero attached hydrogens (tertiary/aromatic N) is 2. The molecule has 0 saturated carbocycles. The molecule has 1 fully saturated rings. The van der Waals surface area contributed by atoms with Gasteiger partial charge in [-0.05, 0) is 63.9 Å². The maximum Gasteiger partial charge on any atom is 0.244 e. The maximum atomic E-state index is 13.7. The van der Waals surface area contributed by atoms with Crippen molar-refractivity contribution in [2.45, 2.75) is 69.9 Å².